The lowest BCUT2D eigenvalue weighted by molar-refractivity contribution is -0.384. The quantitative estimate of drug-likeness (QED) is 0.248. The molecule has 0 N–H and O–H groups in total. The Morgan fingerprint density at radius 3 is 2.75 bits per heavy atom. The number of hydrogen-bond acceptors (Lipinski definition) is 6. The molecule has 4 aromatic rings. The number of hydrogen-bond donors (Lipinski definition) is 0. The van der Waals surface area contributed by atoms with Gasteiger partial charge in [0, 0.05) is 21.5 Å². The maximum absolute atomic E-state index is 11.5. The Bertz CT molecular complexity index is 1400. The van der Waals surface area contributed by atoms with Gasteiger partial charge in [-0.1, -0.05) is 46.3 Å². The van der Waals surface area contributed by atoms with Crippen LogP contribution in [0.3, 0.4) is 0 Å². The van der Waals surface area contributed by atoms with Crippen LogP contribution in [0.1, 0.15) is 5.56 Å². The lowest BCUT2D eigenvalue weighted by Crippen LogP contribution is -2.16. The molecule has 0 aliphatic carbocycles. The van der Waals surface area contributed by atoms with Gasteiger partial charge in [0.25, 0.3) is 5.69 Å². The van der Waals surface area contributed by atoms with Gasteiger partial charge in [0.15, 0.2) is 16.3 Å². The first kappa shape index (κ1) is 20.5. The third kappa shape index (κ3) is 4.04. The minimum atomic E-state index is -0.413. The van der Waals surface area contributed by atoms with Gasteiger partial charge >= 0.3 is 0 Å². The van der Waals surface area contributed by atoms with Gasteiger partial charge in [0.05, 0.1) is 17.2 Å². The van der Waals surface area contributed by atoms with Crippen molar-refractivity contribution in [3.63, 3.8) is 0 Å². The normalized spacial score (nSPS) is 12.8. The fraction of sp³-hybridized carbons (Fsp3) is 0.0870. The van der Waals surface area contributed by atoms with E-state index in [-0.39, 0.29) is 12.5 Å². The molecule has 32 heavy (non-hydrogen) atoms. The summed E-state index contributed by atoms with van der Waals surface area (Å²) in [5, 5.41) is 13.5. The topological polar surface area (TPSA) is 78.9 Å². The fourth-order valence-electron chi connectivity index (χ4n) is 3.49. The van der Waals surface area contributed by atoms with E-state index in [1.807, 2.05) is 47.8 Å². The molecule has 7 nitrogen and oxygen atoms in total. The lowest BCUT2D eigenvalue weighted by atomic mass is 10.1. The Hall–Kier alpha value is -3.43. The van der Waals surface area contributed by atoms with E-state index < -0.39 is 4.92 Å². The number of benzene rings is 3. The first-order chi connectivity index (χ1) is 15.6. The number of nitrogens with zero attached hydrogens (tertiary/aromatic N) is 3. The number of fused-ring (bicyclic) bond motifs is 1. The molecule has 0 unspecified atom stereocenters. The molecule has 2 heterocycles. The average molecular weight is 510 g/mol. The van der Waals surface area contributed by atoms with Gasteiger partial charge in [-0.05, 0) is 35.9 Å². The summed E-state index contributed by atoms with van der Waals surface area (Å²) in [4.78, 5) is 16.4. The van der Waals surface area contributed by atoms with E-state index in [0.29, 0.717) is 22.8 Å². The van der Waals surface area contributed by atoms with Crippen molar-refractivity contribution in [2.45, 2.75) is 6.54 Å². The molecule has 0 bridgehead atoms. The predicted octanol–water partition coefficient (Wildman–Crippen LogP) is 5.90. The van der Waals surface area contributed by atoms with Crippen LogP contribution in [-0.4, -0.2) is 16.3 Å². The Labute approximate surface area is 195 Å². The minimum absolute atomic E-state index is 0.0282. The summed E-state index contributed by atoms with van der Waals surface area (Å²) < 4.78 is 14.0. The van der Waals surface area contributed by atoms with E-state index in [9.17, 15) is 10.1 Å². The van der Waals surface area contributed by atoms with E-state index in [4.69, 9.17) is 9.47 Å². The van der Waals surface area contributed by atoms with E-state index in [2.05, 4.69) is 25.5 Å². The largest absolute Gasteiger partial charge is 0.454 e. The standard InChI is InChI=1S/C23H16BrN3O4S/c24-17-5-3-4-16(11-17)20-13-32-23(25-18-6-1-2-7-19(18)27(28)29)26(20)12-15-8-9-21-22(10-15)31-14-30-21/h1-11,13H,12,14H2. The molecular formula is C23H16BrN3O4S. The van der Waals surface area contributed by atoms with Gasteiger partial charge in [0.2, 0.25) is 6.79 Å². The summed E-state index contributed by atoms with van der Waals surface area (Å²) in [6, 6.07) is 20.3. The summed E-state index contributed by atoms with van der Waals surface area (Å²) in [6.45, 7) is 0.730. The van der Waals surface area contributed by atoms with Crippen LogP contribution in [0.15, 0.2) is 81.6 Å². The monoisotopic (exact) mass is 509 g/mol. The van der Waals surface area contributed by atoms with Crippen LogP contribution in [0, 0.1) is 10.1 Å². The Morgan fingerprint density at radius 2 is 1.91 bits per heavy atom. The molecule has 3 aromatic carbocycles. The maximum Gasteiger partial charge on any atom is 0.294 e. The molecule has 0 saturated carbocycles. The maximum atomic E-state index is 11.5. The SMILES string of the molecule is O=[N+]([O-])c1ccccc1N=c1scc(-c2cccc(Br)c2)n1Cc1ccc2c(c1)OCO2. The minimum Gasteiger partial charge on any atom is -0.454 e. The molecule has 0 radical (unpaired) electrons. The van der Waals surface area contributed by atoms with Crippen molar-refractivity contribution >= 4 is 38.6 Å². The van der Waals surface area contributed by atoms with Gasteiger partial charge in [-0.2, -0.15) is 0 Å². The number of aromatic nitrogens is 1. The molecule has 1 aliphatic rings. The van der Waals surface area contributed by atoms with Gasteiger partial charge < -0.3 is 14.0 Å². The van der Waals surface area contributed by atoms with Gasteiger partial charge in [-0.25, -0.2) is 4.99 Å². The number of ether oxygens (including phenoxy) is 2. The van der Waals surface area contributed by atoms with Crippen LogP contribution in [0.25, 0.3) is 11.3 Å². The highest BCUT2D eigenvalue weighted by molar-refractivity contribution is 9.10. The molecule has 9 heteroatoms. The van der Waals surface area contributed by atoms with Crippen molar-refractivity contribution in [1.29, 1.82) is 0 Å². The van der Waals surface area contributed by atoms with Crippen molar-refractivity contribution in [2.75, 3.05) is 6.79 Å². The van der Waals surface area contributed by atoms with E-state index in [1.165, 1.54) is 17.4 Å². The summed E-state index contributed by atoms with van der Waals surface area (Å²) in [5.41, 5.74) is 3.28. The molecule has 0 atom stereocenters. The zero-order valence-electron chi connectivity index (χ0n) is 16.6. The number of nitro benzene ring substituents is 1. The van der Waals surface area contributed by atoms with E-state index in [0.717, 1.165) is 27.0 Å². The second kappa shape index (κ2) is 8.60. The molecule has 0 amide bonds. The summed E-state index contributed by atoms with van der Waals surface area (Å²) in [6.07, 6.45) is 0. The Kier molecular flexibility index (Phi) is 5.50. The van der Waals surface area contributed by atoms with Crippen LogP contribution in [0.5, 0.6) is 11.5 Å². The zero-order valence-corrected chi connectivity index (χ0v) is 19.0. The van der Waals surface area contributed by atoms with Crippen LogP contribution in [0.2, 0.25) is 0 Å². The van der Waals surface area contributed by atoms with Crippen LogP contribution >= 0.6 is 27.3 Å². The predicted molar refractivity (Wildman–Crippen MR) is 125 cm³/mol. The lowest BCUT2D eigenvalue weighted by Gasteiger charge is -2.10. The van der Waals surface area contributed by atoms with E-state index in [1.54, 1.807) is 18.2 Å². The van der Waals surface area contributed by atoms with Crippen LogP contribution in [-0.2, 0) is 6.54 Å². The Morgan fingerprint density at radius 1 is 1.06 bits per heavy atom. The molecule has 1 aliphatic heterocycles. The molecule has 0 saturated heterocycles. The van der Waals surface area contributed by atoms with Crippen LogP contribution in [0.4, 0.5) is 11.4 Å². The smallest absolute Gasteiger partial charge is 0.294 e. The summed E-state index contributed by atoms with van der Waals surface area (Å²) >= 11 is 4.98. The first-order valence-corrected chi connectivity index (χ1v) is 11.4. The highest BCUT2D eigenvalue weighted by Crippen LogP contribution is 2.33. The number of thiazole rings is 1. The molecule has 5 rings (SSSR count). The van der Waals surface area contributed by atoms with Gasteiger partial charge in [-0.15, -0.1) is 11.3 Å². The highest BCUT2D eigenvalue weighted by Gasteiger charge is 2.16. The van der Waals surface area contributed by atoms with Crippen molar-refractivity contribution in [2.24, 2.45) is 4.99 Å². The fourth-order valence-corrected chi connectivity index (χ4v) is 4.81. The average Bonchev–Trinajstić information content (AvgIpc) is 3.41. The molecule has 0 spiro atoms. The van der Waals surface area contributed by atoms with Crippen molar-refractivity contribution < 1.29 is 14.4 Å². The third-order valence-electron chi connectivity index (χ3n) is 4.99. The zero-order chi connectivity index (χ0) is 22.1. The van der Waals surface area contributed by atoms with E-state index >= 15 is 0 Å². The summed E-state index contributed by atoms with van der Waals surface area (Å²) in [5.74, 6) is 1.43. The van der Waals surface area contributed by atoms with Crippen molar-refractivity contribution in [3.8, 4) is 22.8 Å². The summed E-state index contributed by atoms with van der Waals surface area (Å²) in [7, 11) is 0. The second-order valence-electron chi connectivity index (χ2n) is 7.05. The number of halogens is 1. The second-order valence-corrected chi connectivity index (χ2v) is 8.80. The number of nitro groups is 1. The third-order valence-corrected chi connectivity index (χ3v) is 6.35. The van der Waals surface area contributed by atoms with Crippen molar-refractivity contribution in [1.82, 2.24) is 4.57 Å². The van der Waals surface area contributed by atoms with Gasteiger partial charge in [-0.3, -0.25) is 10.1 Å². The van der Waals surface area contributed by atoms with Crippen molar-refractivity contribution in [3.05, 3.63) is 97.1 Å². The number of rotatable bonds is 5. The molecular weight excluding hydrogens is 494 g/mol. The van der Waals surface area contributed by atoms with Gasteiger partial charge in [0.1, 0.15) is 5.69 Å². The van der Waals surface area contributed by atoms with Crippen LogP contribution < -0.4 is 14.3 Å². The Balaban J connectivity index is 1.66. The molecule has 160 valence electrons. The first-order valence-electron chi connectivity index (χ1n) is 9.69. The number of para-hydroxylation sites is 2. The molecule has 0 fully saturated rings. The highest BCUT2D eigenvalue weighted by atomic mass is 79.9. The molecule has 1 aromatic heterocycles.